The number of ether oxygens (including phenoxy) is 1. The minimum atomic E-state index is -0.579. The van der Waals surface area contributed by atoms with Gasteiger partial charge in [0, 0.05) is 18.1 Å². The number of fused-ring (bicyclic) bond motifs is 3. The molecule has 25 heavy (non-hydrogen) atoms. The molecule has 0 spiro atoms. The summed E-state index contributed by atoms with van der Waals surface area (Å²) in [5, 5.41) is 11.3. The second kappa shape index (κ2) is 5.55. The highest BCUT2D eigenvalue weighted by Crippen LogP contribution is 2.40. The van der Waals surface area contributed by atoms with Crippen LogP contribution in [0.3, 0.4) is 0 Å². The van der Waals surface area contributed by atoms with Crippen LogP contribution in [0.5, 0.6) is 5.75 Å². The summed E-state index contributed by atoms with van der Waals surface area (Å²) in [6.07, 6.45) is -0.0338. The Morgan fingerprint density at radius 1 is 1.04 bits per heavy atom. The maximum absolute atomic E-state index is 12.5. The number of para-hydroxylation sites is 1. The first-order valence-corrected chi connectivity index (χ1v) is 7.55. The molecule has 0 unspecified atom stereocenters. The maximum Gasteiger partial charge on any atom is 0.343 e. The Labute approximate surface area is 140 Å². The van der Waals surface area contributed by atoms with Crippen molar-refractivity contribution in [3.05, 3.63) is 80.2 Å². The van der Waals surface area contributed by atoms with Gasteiger partial charge < -0.3 is 9.15 Å². The summed E-state index contributed by atoms with van der Waals surface area (Å²) in [5.41, 5.74) is 0.569. The first kappa shape index (κ1) is 15.1. The van der Waals surface area contributed by atoms with Crippen molar-refractivity contribution in [1.29, 1.82) is 0 Å². The van der Waals surface area contributed by atoms with Crippen molar-refractivity contribution in [2.75, 3.05) is 0 Å². The number of carbonyl (C=O) groups is 1. The lowest BCUT2D eigenvalue weighted by atomic mass is 9.86. The third kappa shape index (κ3) is 2.46. The van der Waals surface area contributed by atoms with E-state index in [0.717, 1.165) is 0 Å². The monoisotopic (exact) mass is 337 g/mol. The van der Waals surface area contributed by atoms with Crippen LogP contribution in [-0.2, 0) is 4.79 Å². The standard InChI is InChI=1S/C18H11NO6/c20-15-9-13(10-5-7-11(8-6-10)19(22)23)16-17(25-15)12-3-1-2-4-14(12)24-18(16)21/h1-8,13H,9H2/t13-/m1/s1. The van der Waals surface area contributed by atoms with E-state index in [2.05, 4.69) is 0 Å². The van der Waals surface area contributed by atoms with Gasteiger partial charge in [0.2, 0.25) is 0 Å². The number of hydrogen-bond donors (Lipinski definition) is 0. The average Bonchev–Trinajstić information content (AvgIpc) is 2.61. The van der Waals surface area contributed by atoms with Crippen LogP contribution in [0.4, 0.5) is 5.69 Å². The van der Waals surface area contributed by atoms with Crippen LogP contribution in [0.2, 0.25) is 0 Å². The zero-order valence-electron chi connectivity index (χ0n) is 12.8. The zero-order chi connectivity index (χ0) is 17.6. The van der Waals surface area contributed by atoms with E-state index in [-0.39, 0.29) is 23.4 Å². The smallest absolute Gasteiger partial charge is 0.343 e. The Morgan fingerprint density at radius 2 is 1.76 bits per heavy atom. The van der Waals surface area contributed by atoms with Crippen molar-refractivity contribution in [2.45, 2.75) is 12.3 Å². The average molecular weight is 337 g/mol. The molecular formula is C18H11NO6. The van der Waals surface area contributed by atoms with Gasteiger partial charge in [0.25, 0.3) is 5.69 Å². The van der Waals surface area contributed by atoms with Crippen LogP contribution in [0.1, 0.15) is 23.5 Å². The molecular weight excluding hydrogens is 326 g/mol. The van der Waals surface area contributed by atoms with Crippen LogP contribution in [-0.4, -0.2) is 10.9 Å². The molecule has 4 rings (SSSR count). The zero-order valence-corrected chi connectivity index (χ0v) is 12.8. The van der Waals surface area contributed by atoms with Crippen molar-refractivity contribution in [2.24, 2.45) is 0 Å². The summed E-state index contributed by atoms with van der Waals surface area (Å²) in [5.74, 6) is -0.837. The van der Waals surface area contributed by atoms with Gasteiger partial charge in [0.05, 0.1) is 22.3 Å². The third-order valence-electron chi connectivity index (χ3n) is 4.24. The lowest BCUT2D eigenvalue weighted by molar-refractivity contribution is -0.384. The summed E-state index contributed by atoms with van der Waals surface area (Å²) in [4.78, 5) is 34.9. The van der Waals surface area contributed by atoms with Crippen LogP contribution in [0.15, 0.2) is 57.7 Å². The number of hydrogen-bond acceptors (Lipinski definition) is 6. The Bertz CT molecular complexity index is 1070. The number of nitrogens with zero attached hydrogens (tertiary/aromatic N) is 1. The summed E-state index contributed by atoms with van der Waals surface area (Å²) >= 11 is 0. The normalized spacial score (nSPS) is 16.3. The van der Waals surface area contributed by atoms with Gasteiger partial charge in [-0.3, -0.25) is 14.9 Å². The quantitative estimate of drug-likeness (QED) is 0.308. The van der Waals surface area contributed by atoms with Crippen molar-refractivity contribution >= 4 is 22.6 Å². The summed E-state index contributed by atoms with van der Waals surface area (Å²) in [6.45, 7) is 0. The predicted molar refractivity (Wildman–Crippen MR) is 87.7 cm³/mol. The Kier molecular flexibility index (Phi) is 3.35. The molecule has 0 radical (unpaired) electrons. The largest absolute Gasteiger partial charge is 0.425 e. The molecule has 0 saturated carbocycles. The number of nitro groups is 1. The van der Waals surface area contributed by atoms with Crippen LogP contribution >= 0.6 is 0 Å². The first-order valence-electron chi connectivity index (χ1n) is 7.55. The van der Waals surface area contributed by atoms with E-state index in [1.165, 1.54) is 12.1 Å². The van der Waals surface area contributed by atoms with Gasteiger partial charge in [-0.05, 0) is 17.7 Å². The molecule has 7 nitrogen and oxygen atoms in total. The highest BCUT2D eigenvalue weighted by atomic mass is 16.6. The molecule has 0 bridgehead atoms. The number of esters is 1. The van der Waals surface area contributed by atoms with Gasteiger partial charge in [-0.2, -0.15) is 0 Å². The highest BCUT2D eigenvalue weighted by Gasteiger charge is 2.33. The molecule has 7 heteroatoms. The van der Waals surface area contributed by atoms with Crippen molar-refractivity contribution in [3.63, 3.8) is 0 Å². The molecule has 0 fully saturated rings. The molecule has 0 saturated heterocycles. The number of nitro benzene ring substituents is 1. The topological polar surface area (TPSA) is 99.6 Å². The predicted octanol–water partition coefficient (Wildman–Crippen LogP) is 3.14. The van der Waals surface area contributed by atoms with E-state index in [0.29, 0.717) is 16.5 Å². The molecule has 0 N–H and O–H groups in total. The minimum Gasteiger partial charge on any atom is -0.425 e. The molecule has 1 aliphatic heterocycles. The molecule has 0 amide bonds. The Balaban J connectivity index is 1.92. The van der Waals surface area contributed by atoms with Gasteiger partial charge >= 0.3 is 11.6 Å². The van der Waals surface area contributed by atoms with Crippen molar-refractivity contribution in [3.8, 4) is 5.75 Å². The lowest BCUT2D eigenvalue weighted by Gasteiger charge is -2.24. The van der Waals surface area contributed by atoms with Gasteiger partial charge in [0.15, 0.2) is 5.75 Å². The van der Waals surface area contributed by atoms with E-state index in [1.54, 1.807) is 36.4 Å². The van der Waals surface area contributed by atoms with Crippen molar-refractivity contribution in [1.82, 2.24) is 0 Å². The second-order valence-electron chi connectivity index (χ2n) is 5.71. The fraction of sp³-hybridized carbons (Fsp3) is 0.111. The minimum absolute atomic E-state index is 0.0338. The summed E-state index contributed by atoms with van der Waals surface area (Å²) in [7, 11) is 0. The van der Waals surface area contributed by atoms with Crippen molar-refractivity contribution < 1.29 is 18.9 Å². The summed E-state index contributed by atoms with van der Waals surface area (Å²) in [6, 6.07) is 12.6. The molecule has 1 aromatic heterocycles. The molecule has 2 heterocycles. The highest BCUT2D eigenvalue weighted by molar-refractivity contribution is 5.90. The summed E-state index contributed by atoms with van der Waals surface area (Å²) < 4.78 is 10.7. The Hall–Kier alpha value is -3.48. The molecule has 0 aliphatic carbocycles. The van der Waals surface area contributed by atoms with E-state index >= 15 is 0 Å². The van der Waals surface area contributed by atoms with E-state index in [9.17, 15) is 19.7 Å². The fourth-order valence-electron chi connectivity index (χ4n) is 3.08. The molecule has 124 valence electrons. The fourth-order valence-corrected chi connectivity index (χ4v) is 3.08. The van der Waals surface area contributed by atoms with Crippen LogP contribution in [0, 0.1) is 10.1 Å². The number of non-ortho nitro benzene ring substituents is 1. The maximum atomic E-state index is 12.5. The lowest BCUT2D eigenvalue weighted by Crippen LogP contribution is -2.26. The van der Waals surface area contributed by atoms with Crippen LogP contribution in [0.25, 0.3) is 11.0 Å². The SMILES string of the molecule is O=C1C[C@H](c2ccc([N+](=O)[O-])cc2)c2c(c3ccccc3oc2=O)O1. The molecule has 3 aromatic rings. The Morgan fingerprint density at radius 3 is 2.48 bits per heavy atom. The number of rotatable bonds is 2. The van der Waals surface area contributed by atoms with Gasteiger partial charge in [-0.25, -0.2) is 4.79 Å². The second-order valence-corrected chi connectivity index (χ2v) is 5.71. The van der Waals surface area contributed by atoms with Gasteiger partial charge in [0.1, 0.15) is 5.58 Å². The van der Waals surface area contributed by atoms with E-state index in [1.807, 2.05) is 0 Å². The molecule has 1 atom stereocenters. The molecule has 2 aromatic carbocycles. The van der Waals surface area contributed by atoms with Gasteiger partial charge in [-0.15, -0.1) is 0 Å². The molecule has 1 aliphatic rings. The van der Waals surface area contributed by atoms with Crippen LogP contribution < -0.4 is 10.4 Å². The van der Waals surface area contributed by atoms with E-state index in [4.69, 9.17) is 9.15 Å². The number of carbonyl (C=O) groups excluding carboxylic acids is 1. The van der Waals surface area contributed by atoms with E-state index < -0.39 is 22.4 Å². The first-order chi connectivity index (χ1) is 12.0. The number of benzene rings is 2. The third-order valence-corrected chi connectivity index (χ3v) is 4.24. The van der Waals surface area contributed by atoms with Gasteiger partial charge in [-0.1, -0.05) is 24.3 Å².